The number of halogens is 1. The Morgan fingerprint density at radius 1 is 1.40 bits per heavy atom. The first-order valence-electron chi connectivity index (χ1n) is 4.13. The van der Waals surface area contributed by atoms with Crippen LogP contribution >= 0.6 is 27.3 Å². The third-order valence-electron chi connectivity index (χ3n) is 1.81. The average molecular weight is 286 g/mol. The van der Waals surface area contributed by atoms with Gasteiger partial charge in [0.2, 0.25) is 0 Å². The summed E-state index contributed by atoms with van der Waals surface area (Å²) in [4.78, 5) is 1.02. The Kier molecular flexibility index (Phi) is 2.88. The number of ether oxygens (including phenoxy) is 1. The fraction of sp³-hybridized carbons (Fsp3) is 0.111. The molecule has 2 heterocycles. The number of nitrogens with two attached hydrogens (primary N) is 1. The molecule has 0 amide bonds. The summed E-state index contributed by atoms with van der Waals surface area (Å²) in [5.74, 6) is 0.356. The molecule has 0 saturated carbocycles. The molecule has 15 heavy (non-hydrogen) atoms. The Morgan fingerprint density at radius 3 is 2.73 bits per heavy atom. The number of aromatic nitrogens is 2. The Labute approximate surface area is 99.2 Å². The molecule has 6 heteroatoms. The van der Waals surface area contributed by atoms with Crippen LogP contribution in [0.25, 0.3) is 10.6 Å². The van der Waals surface area contributed by atoms with E-state index in [0.717, 1.165) is 14.4 Å². The zero-order chi connectivity index (χ0) is 10.8. The first kappa shape index (κ1) is 10.4. The van der Waals surface area contributed by atoms with Gasteiger partial charge in [-0.3, -0.25) is 0 Å². The van der Waals surface area contributed by atoms with E-state index in [0.29, 0.717) is 11.6 Å². The van der Waals surface area contributed by atoms with Crippen LogP contribution in [0.15, 0.2) is 22.0 Å². The lowest BCUT2D eigenvalue weighted by Gasteiger charge is -2.02. The van der Waals surface area contributed by atoms with Crippen LogP contribution in [0.1, 0.15) is 0 Å². The van der Waals surface area contributed by atoms with Crippen LogP contribution < -0.4 is 10.5 Å². The highest BCUT2D eigenvalue weighted by Gasteiger charge is 2.07. The average Bonchev–Trinajstić information content (AvgIpc) is 2.65. The Bertz CT molecular complexity index is 486. The van der Waals surface area contributed by atoms with Gasteiger partial charge in [0, 0.05) is 0 Å². The van der Waals surface area contributed by atoms with Crippen molar-refractivity contribution in [2.24, 2.45) is 0 Å². The predicted molar refractivity (Wildman–Crippen MR) is 64.0 cm³/mol. The molecule has 2 rings (SSSR count). The lowest BCUT2D eigenvalue weighted by Crippen LogP contribution is -1.98. The summed E-state index contributed by atoms with van der Waals surface area (Å²) in [5.41, 5.74) is 6.99. The number of nitrogens with zero attached hydrogens (tertiary/aromatic N) is 2. The summed E-state index contributed by atoms with van der Waals surface area (Å²) in [6.45, 7) is 0. The van der Waals surface area contributed by atoms with Gasteiger partial charge in [0.05, 0.1) is 21.5 Å². The molecule has 4 nitrogen and oxygen atoms in total. The lowest BCUT2D eigenvalue weighted by molar-refractivity contribution is 0.394. The lowest BCUT2D eigenvalue weighted by atomic mass is 10.3. The fourth-order valence-corrected chi connectivity index (χ4v) is 2.47. The summed E-state index contributed by atoms with van der Waals surface area (Å²) in [7, 11) is 1.52. The molecule has 0 radical (unpaired) electrons. The minimum Gasteiger partial charge on any atom is -0.478 e. The molecule has 2 aromatic rings. The molecule has 78 valence electrons. The molecule has 0 aliphatic heterocycles. The monoisotopic (exact) mass is 285 g/mol. The molecular weight excluding hydrogens is 278 g/mol. The maximum absolute atomic E-state index is 5.74. The minimum atomic E-state index is 0.356. The molecule has 0 aliphatic carbocycles. The van der Waals surface area contributed by atoms with E-state index >= 15 is 0 Å². The first-order chi connectivity index (χ1) is 7.20. The van der Waals surface area contributed by atoms with E-state index in [2.05, 4.69) is 26.1 Å². The van der Waals surface area contributed by atoms with Gasteiger partial charge in [-0.1, -0.05) is 0 Å². The van der Waals surface area contributed by atoms with Crippen molar-refractivity contribution in [2.45, 2.75) is 0 Å². The fourth-order valence-electron chi connectivity index (χ4n) is 1.13. The molecular formula is C9H8BrN3OS. The van der Waals surface area contributed by atoms with Gasteiger partial charge in [-0.05, 0) is 34.1 Å². The van der Waals surface area contributed by atoms with Crippen LogP contribution in [0.4, 0.5) is 5.69 Å². The topological polar surface area (TPSA) is 61.0 Å². The molecule has 2 N–H and O–H groups in total. The van der Waals surface area contributed by atoms with Crippen molar-refractivity contribution in [3.8, 4) is 16.5 Å². The van der Waals surface area contributed by atoms with Crippen molar-refractivity contribution >= 4 is 33.0 Å². The minimum absolute atomic E-state index is 0.356. The molecule has 0 aromatic carbocycles. The number of thiophene rings is 1. The number of anilines is 1. The molecule has 0 saturated heterocycles. The molecule has 0 aliphatic rings. The van der Waals surface area contributed by atoms with E-state index in [1.807, 2.05) is 12.1 Å². The van der Waals surface area contributed by atoms with Crippen molar-refractivity contribution in [1.82, 2.24) is 10.2 Å². The van der Waals surface area contributed by atoms with Gasteiger partial charge < -0.3 is 10.5 Å². The van der Waals surface area contributed by atoms with Crippen LogP contribution in [-0.2, 0) is 0 Å². The molecule has 0 spiro atoms. The van der Waals surface area contributed by atoms with Crippen molar-refractivity contribution in [3.05, 3.63) is 22.0 Å². The van der Waals surface area contributed by atoms with Crippen LogP contribution in [-0.4, -0.2) is 17.3 Å². The van der Waals surface area contributed by atoms with Crippen LogP contribution in [0.3, 0.4) is 0 Å². The number of methoxy groups -OCH3 is 1. The highest BCUT2D eigenvalue weighted by atomic mass is 79.9. The summed E-state index contributed by atoms with van der Waals surface area (Å²) >= 11 is 4.97. The van der Waals surface area contributed by atoms with E-state index in [-0.39, 0.29) is 0 Å². The second-order valence-corrected chi connectivity index (χ2v) is 5.26. The SMILES string of the molecule is COc1nnc(-c2ccc(Br)s2)cc1N. The molecule has 0 atom stereocenters. The van der Waals surface area contributed by atoms with Gasteiger partial charge in [-0.15, -0.1) is 21.5 Å². The zero-order valence-corrected chi connectivity index (χ0v) is 10.3. The number of rotatable bonds is 2. The van der Waals surface area contributed by atoms with Gasteiger partial charge in [0.15, 0.2) is 0 Å². The molecule has 0 unspecified atom stereocenters. The third kappa shape index (κ3) is 2.10. The molecule has 0 bridgehead atoms. The van der Waals surface area contributed by atoms with Crippen molar-refractivity contribution in [3.63, 3.8) is 0 Å². The Morgan fingerprint density at radius 2 is 2.20 bits per heavy atom. The van der Waals surface area contributed by atoms with Crippen molar-refractivity contribution in [1.29, 1.82) is 0 Å². The van der Waals surface area contributed by atoms with Gasteiger partial charge >= 0.3 is 0 Å². The Balaban J connectivity index is 2.42. The summed E-state index contributed by atoms with van der Waals surface area (Å²) < 4.78 is 5.99. The largest absolute Gasteiger partial charge is 0.478 e. The van der Waals surface area contributed by atoms with E-state index in [4.69, 9.17) is 10.5 Å². The van der Waals surface area contributed by atoms with Crippen molar-refractivity contribution < 1.29 is 4.74 Å². The number of hydrogen-bond acceptors (Lipinski definition) is 5. The van der Waals surface area contributed by atoms with E-state index in [1.165, 1.54) is 7.11 Å². The second-order valence-electron chi connectivity index (χ2n) is 2.80. The third-order valence-corrected chi connectivity index (χ3v) is 3.45. The maximum atomic E-state index is 5.74. The zero-order valence-electron chi connectivity index (χ0n) is 7.90. The van der Waals surface area contributed by atoms with Gasteiger partial charge in [0.25, 0.3) is 5.88 Å². The summed E-state index contributed by atoms with van der Waals surface area (Å²) in [5, 5.41) is 7.91. The van der Waals surface area contributed by atoms with Crippen LogP contribution in [0.5, 0.6) is 5.88 Å². The highest BCUT2D eigenvalue weighted by molar-refractivity contribution is 9.11. The molecule has 0 fully saturated rings. The quantitative estimate of drug-likeness (QED) is 0.921. The smallest absolute Gasteiger partial charge is 0.256 e. The van der Waals surface area contributed by atoms with E-state index in [9.17, 15) is 0 Å². The second kappa shape index (κ2) is 4.16. The van der Waals surface area contributed by atoms with E-state index < -0.39 is 0 Å². The normalized spacial score (nSPS) is 10.3. The predicted octanol–water partition coefficient (Wildman–Crippen LogP) is 2.56. The number of hydrogen-bond donors (Lipinski definition) is 1. The number of nitrogen functional groups attached to an aromatic ring is 1. The summed E-state index contributed by atoms with van der Waals surface area (Å²) in [6, 6.07) is 5.68. The first-order valence-corrected chi connectivity index (χ1v) is 5.74. The van der Waals surface area contributed by atoms with Gasteiger partial charge in [0.1, 0.15) is 5.69 Å². The van der Waals surface area contributed by atoms with Crippen LogP contribution in [0.2, 0.25) is 0 Å². The maximum Gasteiger partial charge on any atom is 0.256 e. The standard InChI is InChI=1S/C9H8BrN3OS/c1-14-9-5(11)4-6(12-13-9)7-2-3-8(10)15-7/h2-4H,1H3,(H2,11,12). The van der Waals surface area contributed by atoms with Crippen LogP contribution in [0, 0.1) is 0 Å². The molecule has 2 aromatic heterocycles. The highest BCUT2D eigenvalue weighted by Crippen LogP contribution is 2.31. The van der Waals surface area contributed by atoms with Gasteiger partial charge in [-0.25, -0.2) is 0 Å². The van der Waals surface area contributed by atoms with Crippen molar-refractivity contribution in [2.75, 3.05) is 12.8 Å². The van der Waals surface area contributed by atoms with E-state index in [1.54, 1.807) is 17.4 Å². The summed E-state index contributed by atoms with van der Waals surface area (Å²) in [6.07, 6.45) is 0. The van der Waals surface area contributed by atoms with Gasteiger partial charge in [-0.2, -0.15) is 0 Å². The Hall–Kier alpha value is -1.14.